The Morgan fingerprint density at radius 1 is 1.50 bits per heavy atom. The molecule has 100 valence electrons. The molecular weight excluding hydrogens is 228 g/mol. The lowest BCUT2D eigenvalue weighted by Crippen LogP contribution is -2.45. The van der Waals surface area contributed by atoms with Gasteiger partial charge in [0.05, 0.1) is 42.9 Å². The van der Waals surface area contributed by atoms with Crippen LogP contribution in [0.1, 0.15) is 38.5 Å². The van der Waals surface area contributed by atoms with Crippen LogP contribution in [0.15, 0.2) is 18.3 Å². The Balaban J connectivity index is 2.12. The second-order valence-corrected chi connectivity index (χ2v) is 4.70. The van der Waals surface area contributed by atoms with E-state index in [1.54, 1.807) is 0 Å². The Morgan fingerprint density at radius 3 is 2.94 bits per heavy atom. The van der Waals surface area contributed by atoms with Gasteiger partial charge in [0.1, 0.15) is 0 Å². The average Bonchev–Trinajstić information content (AvgIpc) is 2.46. The summed E-state index contributed by atoms with van der Waals surface area (Å²) in [4.78, 5) is 6.71. The Morgan fingerprint density at radius 2 is 2.33 bits per heavy atom. The first-order chi connectivity index (χ1) is 8.76. The van der Waals surface area contributed by atoms with Crippen LogP contribution in [0.3, 0.4) is 0 Å². The molecule has 1 N–H and O–H groups in total. The first kappa shape index (κ1) is 13.3. The minimum absolute atomic E-state index is 0.433. The van der Waals surface area contributed by atoms with Gasteiger partial charge in [0.25, 0.3) is 0 Å². The van der Waals surface area contributed by atoms with E-state index in [9.17, 15) is 5.11 Å². The molecule has 4 nitrogen and oxygen atoms in total. The quantitative estimate of drug-likeness (QED) is 0.889. The van der Waals surface area contributed by atoms with Gasteiger partial charge >= 0.3 is 0 Å². The average molecular weight is 250 g/mol. The molecule has 0 saturated carbocycles. The van der Waals surface area contributed by atoms with E-state index < -0.39 is 6.10 Å². The van der Waals surface area contributed by atoms with Crippen LogP contribution in [0.5, 0.6) is 0 Å². The lowest BCUT2D eigenvalue weighted by Gasteiger charge is -2.36. The summed E-state index contributed by atoms with van der Waals surface area (Å²) < 4.78 is 5.50. The number of nitrogens with zero attached hydrogens (tertiary/aromatic N) is 2. The third kappa shape index (κ3) is 2.82. The molecule has 18 heavy (non-hydrogen) atoms. The zero-order chi connectivity index (χ0) is 13.0. The molecule has 0 radical (unpaired) electrons. The first-order valence-electron chi connectivity index (χ1n) is 6.74. The number of aromatic nitrogens is 1. The van der Waals surface area contributed by atoms with Crippen LogP contribution in [0.2, 0.25) is 0 Å². The third-order valence-corrected chi connectivity index (χ3v) is 3.53. The SMILES string of the molecule is CCC(O)c1ccc(N2CCOCC2CC)cn1. The van der Waals surface area contributed by atoms with E-state index in [1.807, 2.05) is 19.2 Å². The van der Waals surface area contributed by atoms with E-state index in [-0.39, 0.29) is 0 Å². The maximum Gasteiger partial charge on any atom is 0.0957 e. The van der Waals surface area contributed by atoms with Crippen LogP contribution < -0.4 is 4.90 Å². The first-order valence-corrected chi connectivity index (χ1v) is 6.74. The molecular formula is C14H22N2O2. The molecule has 2 rings (SSSR count). The monoisotopic (exact) mass is 250 g/mol. The standard InChI is InChI=1S/C14H22N2O2/c1-3-11-10-18-8-7-16(11)12-5-6-13(15-9-12)14(17)4-2/h5-6,9,11,14,17H,3-4,7-8,10H2,1-2H3. The highest BCUT2D eigenvalue weighted by Crippen LogP contribution is 2.22. The van der Waals surface area contributed by atoms with Crippen LogP contribution >= 0.6 is 0 Å². The molecule has 1 fully saturated rings. The summed E-state index contributed by atoms with van der Waals surface area (Å²) >= 11 is 0. The number of morpholine rings is 1. The van der Waals surface area contributed by atoms with Gasteiger partial charge < -0.3 is 14.7 Å². The van der Waals surface area contributed by atoms with Gasteiger partial charge in [0, 0.05) is 6.54 Å². The van der Waals surface area contributed by atoms with Gasteiger partial charge in [-0.3, -0.25) is 4.98 Å². The van der Waals surface area contributed by atoms with Crippen molar-refractivity contribution in [2.24, 2.45) is 0 Å². The van der Waals surface area contributed by atoms with Crippen LogP contribution in [0, 0.1) is 0 Å². The largest absolute Gasteiger partial charge is 0.387 e. The van der Waals surface area contributed by atoms with E-state index in [0.29, 0.717) is 12.5 Å². The number of rotatable bonds is 4. The molecule has 1 aliphatic heterocycles. The molecule has 0 spiro atoms. The van der Waals surface area contributed by atoms with Gasteiger partial charge in [0.2, 0.25) is 0 Å². The Labute approximate surface area is 109 Å². The summed E-state index contributed by atoms with van der Waals surface area (Å²) in [5.74, 6) is 0. The van der Waals surface area contributed by atoms with Crippen LogP contribution in [0.25, 0.3) is 0 Å². The minimum Gasteiger partial charge on any atom is -0.387 e. The lowest BCUT2D eigenvalue weighted by molar-refractivity contribution is 0.0929. The highest BCUT2D eigenvalue weighted by molar-refractivity contribution is 5.46. The number of hydrogen-bond donors (Lipinski definition) is 1. The fourth-order valence-electron chi connectivity index (χ4n) is 2.31. The van der Waals surface area contributed by atoms with Crippen LogP contribution in [0.4, 0.5) is 5.69 Å². The molecule has 2 atom stereocenters. The van der Waals surface area contributed by atoms with Crippen molar-refractivity contribution >= 4 is 5.69 Å². The molecule has 1 aromatic heterocycles. The van der Waals surface area contributed by atoms with Gasteiger partial charge in [-0.25, -0.2) is 0 Å². The van der Waals surface area contributed by atoms with Crippen molar-refractivity contribution < 1.29 is 9.84 Å². The molecule has 0 bridgehead atoms. The molecule has 4 heteroatoms. The smallest absolute Gasteiger partial charge is 0.0957 e. The number of hydrogen-bond acceptors (Lipinski definition) is 4. The third-order valence-electron chi connectivity index (χ3n) is 3.53. The molecule has 2 unspecified atom stereocenters. The second kappa shape index (κ2) is 6.16. The maximum atomic E-state index is 9.73. The van der Waals surface area contributed by atoms with Crippen molar-refractivity contribution in [1.29, 1.82) is 0 Å². The minimum atomic E-state index is -0.453. The molecule has 2 heterocycles. The van der Waals surface area contributed by atoms with Crippen molar-refractivity contribution in [3.05, 3.63) is 24.0 Å². The zero-order valence-electron chi connectivity index (χ0n) is 11.2. The fourth-order valence-corrected chi connectivity index (χ4v) is 2.31. The van der Waals surface area contributed by atoms with Crippen molar-refractivity contribution in [3.63, 3.8) is 0 Å². The topological polar surface area (TPSA) is 45.6 Å². The summed E-state index contributed by atoms with van der Waals surface area (Å²) in [7, 11) is 0. The molecule has 0 aromatic carbocycles. The highest BCUT2D eigenvalue weighted by Gasteiger charge is 2.22. The van der Waals surface area contributed by atoms with Crippen molar-refractivity contribution in [2.45, 2.75) is 38.8 Å². The summed E-state index contributed by atoms with van der Waals surface area (Å²) in [6, 6.07) is 4.41. The molecule has 0 amide bonds. The molecule has 1 aliphatic rings. The zero-order valence-corrected chi connectivity index (χ0v) is 11.2. The number of pyridine rings is 1. The Hall–Kier alpha value is -1.13. The van der Waals surface area contributed by atoms with Gasteiger partial charge in [0.15, 0.2) is 0 Å². The number of aliphatic hydroxyl groups excluding tert-OH is 1. The van der Waals surface area contributed by atoms with E-state index in [4.69, 9.17) is 4.74 Å². The van der Waals surface area contributed by atoms with Crippen molar-refractivity contribution in [2.75, 3.05) is 24.7 Å². The van der Waals surface area contributed by atoms with Crippen molar-refractivity contribution in [1.82, 2.24) is 4.98 Å². The number of anilines is 1. The fraction of sp³-hybridized carbons (Fsp3) is 0.643. The predicted octanol–water partition coefficient (Wildman–Crippen LogP) is 2.14. The van der Waals surface area contributed by atoms with E-state index in [2.05, 4.69) is 22.9 Å². The molecule has 1 saturated heterocycles. The number of ether oxygens (including phenoxy) is 1. The van der Waals surface area contributed by atoms with Gasteiger partial charge in [-0.2, -0.15) is 0 Å². The lowest BCUT2D eigenvalue weighted by atomic mass is 10.1. The highest BCUT2D eigenvalue weighted by atomic mass is 16.5. The van der Waals surface area contributed by atoms with Gasteiger partial charge in [-0.05, 0) is 25.0 Å². The normalized spacial score (nSPS) is 21.9. The summed E-state index contributed by atoms with van der Waals surface area (Å²) in [5.41, 5.74) is 1.87. The van der Waals surface area contributed by atoms with E-state index in [1.165, 1.54) is 0 Å². The summed E-state index contributed by atoms with van der Waals surface area (Å²) in [6.45, 7) is 6.60. The van der Waals surface area contributed by atoms with Crippen molar-refractivity contribution in [3.8, 4) is 0 Å². The van der Waals surface area contributed by atoms with Crippen LogP contribution in [-0.4, -0.2) is 35.9 Å². The van der Waals surface area contributed by atoms with E-state index in [0.717, 1.165) is 37.6 Å². The number of aliphatic hydroxyl groups is 1. The summed E-state index contributed by atoms with van der Waals surface area (Å²) in [6.07, 6.45) is 3.17. The Bertz CT molecular complexity index is 367. The molecule has 1 aromatic rings. The Kier molecular flexibility index (Phi) is 4.55. The predicted molar refractivity (Wildman–Crippen MR) is 71.7 cm³/mol. The van der Waals surface area contributed by atoms with E-state index >= 15 is 0 Å². The van der Waals surface area contributed by atoms with Crippen LogP contribution in [-0.2, 0) is 4.74 Å². The molecule has 0 aliphatic carbocycles. The van der Waals surface area contributed by atoms with Gasteiger partial charge in [-0.15, -0.1) is 0 Å². The maximum absolute atomic E-state index is 9.73. The summed E-state index contributed by atoms with van der Waals surface area (Å²) in [5, 5.41) is 9.73. The van der Waals surface area contributed by atoms with Gasteiger partial charge in [-0.1, -0.05) is 13.8 Å². The second-order valence-electron chi connectivity index (χ2n) is 4.70.